The molecule has 4 rings (SSSR count). The topological polar surface area (TPSA) is 53.5 Å². The number of aromatic nitrogens is 1. The summed E-state index contributed by atoms with van der Waals surface area (Å²) in [6.45, 7) is 1.51. The number of piperidine rings is 1. The van der Waals surface area contributed by atoms with Crippen LogP contribution in [-0.2, 0) is 17.6 Å². The summed E-state index contributed by atoms with van der Waals surface area (Å²) in [7, 11) is 1.89. The van der Waals surface area contributed by atoms with E-state index in [1.54, 1.807) is 23.6 Å². The molecule has 33 heavy (non-hydrogen) atoms. The first kappa shape index (κ1) is 23.2. The van der Waals surface area contributed by atoms with E-state index in [0.29, 0.717) is 18.0 Å². The maximum absolute atomic E-state index is 13.2. The van der Waals surface area contributed by atoms with Gasteiger partial charge in [0.25, 0.3) is 5.91 Å². The minimum absolute atomic E-state index is 0.0500. The number of hydrogen-bond acceptors (Lipinski definition) is 4. The molecule has 3 heterocycles. The monoisotopic (exact) mass is 461 g/mol. The predicted octanol–water partition coefficient (Wildman–Crippen LogP) is 4.70. The van der Waals surface area contributed by atoms with Crippen molar-refractivity contribution in [3.8, 4) is 0 Å². The van der Waals surface area contributed by atoms with Gasteiger partial charge < -0.3 is 9.80 Å². The second kappa shape index (κ2) is 11.2. The van der Waals surface area contributed by atoms with E-state index in [2.05, 4.69) is 28.6 Å². The summed E-state index contributed by atoms with van der Waals surface area (Å²) in [6, 6.07) is 20.0. The van der Waals surface area contributed by atoms with Gasteiger partial charge in [0, 0.05) is 43.7 Å². The molecule has 172 valence electrons. The van der Waals surface area contributed by atoms with Crippen LogP contribution in [0.15, 0.2) is 72.2 Å². The maximum atomic E-state index is 13.2. The van der Waals surface area contributed by atoms with Crippen molar-refractivity contribution in [3.05, 3.63) is 88.4 Å². The number of hydrogen-bond donors (Lipinski definition) is 0. The molecule has 2 aromatic heterocycles. The first-order chi connectivity index (χ1) is 16.1. The quantitative estimate of drug-likeness (QED) is 0.489. The average molecular weight is 462 g/mol. The third kappa shape index (κ3) is 6.08. The van der Waals surface area contributed by atoms with Gasteiger partial charge in [-0.25, -0.2) is 0 Å². The van der Waals surface area contributed by atoms with Gasteiger partial charge in [0.05, 0.1) is 0 Å². The van der Waals surface area contributed by atoms with Crippen molar-refractivity contribution in [2.75, 3.05) is 20.1 Å². The van der Waals surface area contributed by atoms with E-state index in [9.17, 15) is 9.59 Å². The number of rotatable bonds is 8. The van der Waals surface area contributed by atoms with E-state index in [1.165, 1.54) is 10.4 Å². The third-order valence-electron chi connectivity index (χ3n) is 6.59. The first-order valence-corrected chi connectivity index (χ1v) is 12.5. The molecule has 0 unspecified atom stereocenters. The van der Waals surface area contributed by atoms with Gasteiger partial charge in [-0.1, -0.05) is 42.5 Å². The molecule has 0 bridgehead atoms. The molecule has 1 fully saturated rings. The van der Waals surface area contributed by atoms with Gasteiger partial charge in [-0.2, -0.15) is 0 Å². The molecule has 0 aliphatic carbocycles. The van der Waals surface area contributed by atoms with E-state index in [0.717, 1.165) is 38.8 Å². The molecule has 6 heteroatoms. The van der Waals surface area contributed by atoms with Crippen LogP contribution in [-0.4, -0.2) is 52.8 Å². The zero-order valence-electron chi connectivity index (χ0n) is 19.1. The van der Waals surface area contributed by atoms with E-state index < -0.39 is 0 Å². The van der Waals surface area contributed by atoms with Crippen LogP contribution in [0.4, 0.5) is 0 Å². The first-order valence-electron chi connectivity index (χ1n) is 11.6. The van der Waals surface area contributed by atoms with Gasteiger partial charge in [0.15, 0.2) is 0 Å². The zero-order chi connectivity index (χ0) is 23.0. The van der Waals surface area contributed by atoms with Crippen LogP contribution >= 0.6 is 11.3 Å². The Morgan fingerprint density at radius 2 is 1.82 bits per heavy atom. The molecule has 1 aliphatic rings. The number of benzene rings is 1. The van der Waals surface area contributed by atoms with Crippen LogP contribution < -0.4 is 0 Å². The van der Waals surface area contributed by atoms with Crippen molar-refractivity contribution in [2.24, 2.45) is 5.92 Å². The lowest BCUT2D eigenvalue weighted by molar-refractivity contribution is -0.132. The fourth-order valence-corrected chi connectivity index (χ4v) is 5.38. The number of carbonyl (C=O) groups is 2. The second-order valence-corrected chi connectivity index (χ2v) is 9.72. The normalized spacial score (nSPS) is 15.2. The minimum atomic E-state index is -0.0500. The van der Waals surface area contributed by atoms with Gasteiger partial charge >= 0.3 is 0 Å². The highest BCUT2D eigenvalue weighted by molar-refractivity contribution is 7.09. The molecule has 1 saturated heterocycles. The predicted molar refractivity (Wildman–Crippen MR) is 132 cm³/mol. The van der Waals surface area contributed by atoms with Crippen LogP contribution in [0.3, 0.4) is 0 Å². The molecular weight excluding hydrogens is 430 g/mol. The summed E-state index contributed by atoms with van der Waals surface area (Å²) in [4.78, 5) is 35.3. The van der Waals surface area contributed by atoms with Crippen LogP contribution in [0, 0.1) is 5.92 Å². The molecule has 3 aromatic rings. The van der Waals surface area contributed by atoms with Gasteiger partial charge in [-0.3, -0.25) is 14.6 Å². The van der Waals surface area contributed by atoms with Gasteiger partial charge in [-0.15, -0.1) is 11.3 Å². The zero-order valence-corrected chi connectivity index (χ0v) is 19.9. The van der Waals surface area contributed by atoms with E-state index in [1.807, 2.05) is 53.2 Å². The van der Waals surface area contributed by atoms with Gasteiger partial charge in [-0.05, 0) is 60.7 Å². The lowest BCUT2D eigenvalue weighted by atomic mass is 9.84. The van der Waals surface area contributed by atoms with Crippen LogP contribution in [0.2, 0.25) is 0 Å². The molecule has 1 aliphatic heterocycles. The number of thiophene rings is 1. The van der Waals surface area contributed by atoms with Crippen LogP contribution in [0.25, 0.3) is 0 Å². The fraction of sp³-hybridized carbons (Fsp3) is 0.370. The molecule has 0 radical (unpaired) electrons. The Kier molecular flexibility index (Phi) is 7.89. The summed E-state index contributed by atoms with van der Waals surface area (Å²) < 4.78 is 0. The number of amides is 2. The van der Waals surface area contributed by atoms with Crippen molar-refractivity contribution >= 4 is 23.2 Å². The maximum Gasteiger partial charge on any atom is 0.272 e. The summed E-state index contributed by atoms with van der Waals surface area (Å²) in [5.74, 6) is 0.523. The second-order valence-electron chi connectivity index (χ2n) is 8.69. The Labute approximate surface area is 200 Å². The summed E-state index contributed by atoms with van der Waals surface area (Å²) >= 11 is 1.71. The molecule has 2 amide bonds. The molecule has 1 atom stereocenters. The fourth-order valence-electron chi connectivity index (χ4n) is 4.67. The number of likely N-dealkylation sites (tertiary alicyclic amines) is 1. The van der Waals surface area contributed by atoms with E-state index in [-0.39, 0.29) is 17.9 Å². The molecule has 0 spiro atoms. The lowest BCUT2D eigenvalue weighted by Gasteiger charge is -2.40. The lowest BCUT2D eigenvalue weighted by Crippen LogP contribution is -2.48. The summed E-state index contributed by atoms with van der Waals surface area (Å²) in [5.41, 5.74) is 1.69. The molecule has 0 N–H and O–H groups in total. The Balaban J connectivity index is 1.41. The number of aryl methyl sites for hydroxylation is 1. The van der Waals surface area contributed by atoms with Gasteiger partial charge in [0.1, 0.15) is 5.69 Å². The Bertz CT molecular complexity index is 1020. The van der Waals surface area contributed by atoms with Gasteiger partial charge in [0.2, 0.25) is 5.91 Å². The highest BCUT2D eigenvalue weighted by Crippen LogP contribution is 2.28. The summed E-state index contributed by atoms with van der Waals surface area (Å²) in [5, 5.41) is 2.06. The Morgan fingerprint density at radius 1 is 1.06 bits per heavy atom. The molecular formula is C27H31N3O2S. The largest absolute Gasteiger partial charge is 0.343 e. The molecule has 5 nitrogen and oxygen atoms in total. The van der Waals surface area contributed by atoms with Crippen molar-refractivity contribution in [1.29, 1.82) is 0 Å². The van der Waals surface area contributed by atoms with Crippen molar-refractivity contribution in [2.45, 2.75) is 38.1 Å². The minimum Gasteiger partial charge on any atom is -0.343 e. The van der Waals surface area contributed by atoms with E-state index in [4.69, 9.17) is 0 Å². The Hall–Kier alpha value is -2.99. The van der Waals surface area contributed by atoms with Crippen LogP contribution in [0.1, 0.15) is 40.2 Å². The van der Waals surface area contributed by atoms with Crippen molar-refractivity contribution in [3.63, 3.8) is 0 Å². The standard InChI is InChI=1S/C27H31N3O2S/c1-29(27(32)24-11-5-6-16-28-24)25(20-21-8-3-2-4-9-21)22-14-17-30(18-15-22)26(31)13-12-23-10-7-19-33-23/h2-11,16,19,22,25H,12-15,17-18,20H2,1H3/t25-/m0/s1. The molecule has 1 aromatic carbocycles. The number of carbonyl (C=O) groups excluding carboxylic acids is 2. The highest BCUT2D eigenvalue weighted by atomic mass is 32.1. The number of likely N-dealkylation sites (N-methyl/N-ethyl adjacent to an activating group) is 1. The van der Waals surface area contributed by atoms with Crippen molar-refractivity contribution < 1.29 is 9.59 Å². The number of nitrogens with zero attached hydrogens (tertiary/aromatic N) is 3. The number of pyridine rings is 1. The Morgan fingerprint density at radius 3 is 2.48 bits per heavy atom. The smallest absolute Gasteiger partial charge is 0.272 e. The average Bonchev–Trinajstić information content (AvgIpc) is 3.40. The molecule has 0 saturated carbocycles. The van der Waals surface area contributed by atoms with Crippen LogP contribution in [0.5, 0.6) is 0 Å². The third-order valence-corrected chi connectivity index (χ3v) is 7.53. The summed E-state index contributed by atoms with van der Waals surface area (Å²) in [6.07, 6.45) is 5.65. The SMILES string of the molecule is CN(C(=O)c1ccccn1)[C@@H](Cc1ccccc1)C1CCN(C(=O)CCc2cccs2)CC1. The van der Waals surface area contributed by atoms with E-state index >= 15 is 0 Å². The highest BCUT2D eigenvalue weighted by Gasteiger charge is 2.33. The van der Waals surface area contributed by atoms with Crippen molar-refractivity contribution in [1.82, 2.24) is 14.8 Å².